The van der Waals surface area contributed by atoms with E-state index in [0.717, 1.165) is 28.7 Å². The van der Waals surface area contributed by atoms with Crippen molar-refractivity contribution in [3.8, 4) is 0 Å². The highest BCUT2D eigenvalue weighted by molar-refractivity contribution is 7.18. The number of benzene rings is 2. The number of nitrogens with zero attached hydrogens (tertiary/aromatic N) is 3. The van der Waals surface area contributed by atoms with Gasteiger partial charge in [-0.15, -0.1) is 11.3 Å². The molecular weight excluding hydrogens is 350 g/mol. The number of fused-ring (bicyclic) bond motifs is 2. The summed E-state index contributed by atoms with van der Waals surface area (Å²) in [5, 5.41) is 2.27. The van der Waals surface area contributed by atoms with Crippen molar-refractivity contribution in [3.05, 3.63) is 65.1 Å². The number of thiazole rings is 1. The third-order valence-electron chi connectivity index (χ3n) is 4.83. The molecule has 27 heavy (non-hydrogen) atoms. The van der Waals surface area contributed by atoms with Gasteiger partial charge in [-0.05, 0) is 30.2 Å². The number of hydrogen-bond donors (Lipinski definition) is 0. The molecule has 0 amide bonds. The summed E-state index contributed by atoms with van der Waals surface area (Å²) in [5.74, 6) is 0.884. The molecule has 0 aliphatic carbocycles. The Labute approximate surface area is 164 Å². The van der Waals surface area contributed by atoms with E-state index in [-0.39, 0.29) is 10.8 Å². The minimum atomic E-state index is -0.152. The molecule has 0 saturated carbocycles. The predicted molar refractivity (Wildman–Crippen MR) is 115 cm³/mol. The molecule has 0 radical (unpaired) electrons. The second-order valence-electron chi connectivity index (χ2n) is 8.88. The molecule has 3 nitrogen and oxygen atoms in total. The lowest BCUT2D eigenvalue weighted by Gasteiger charge is -2.23. The normalized spacial score (nSPS) is 12.8. The van der Waals surface area contributed by atoms with Crippen molar-refractivity contribution in [1.29, 1.82) is 0 Å². The molecule has 0 fully saturated rings. The van der Waals surface area contributed by atoms with Crippen LogP contribution in [-0.2, 0) is 17.3 Å². The molecule has 0 N–H and O–H groups in total. The molecule has 2 aromatic carbocycles. The highest BCUT2D eigenvalue weighted by atomic mass is 32.1. The molecule has 138 valence electrons. The zero-order chi connectivity index (χ0) is 19.2. The first-order valence-electron chi connectivity index (χ1n) is 9.35. The van der Waals surface area contributed by atoms with Gasteiger partial charge in [0.1, 0.15) is 5.82 Å². The summed E-state index contributed by atoms with van der Waals surface area (Å²) in [7, 11) is 0. The average Bonchev–Trinajstić information content (AvgIpc) is 3.05. The Kier molecular flexibility index (Phi) is 4.26. The molecule has 0 aliphatic rings. The van der Waals surface area contributed by atoms with Crippen molar-refractivity contribution in [1.82, 2.24) is 15.0 Å². The Bertz CT molecular complexity index is 1120. The highest BCUT2D eigenvalue weighted by Gasteiger charge is 2.25. The van der Waals surface area contributed by atoms with Gasteiger partial charge in [0.15, 0.2) is 0 Å². The van der Waals surface area contributed by atoms with Crippen LogP contribution in [0, 0.1) is 0 Å². The number of aromatic nitrogens is 3. The van der Waals surface area contributed by atoms with E-state index in [9.17, 15) is 0 Å². The summed E-state index contributed by atoms with van der Waals surface area (Å²) in [4.78, 5) is 14.3. The minimum absolute atomic E-state index is 0.0854. The molecule has 0 saturated heterocycles. The van der Waals surface area contributed by atoms with Crippen LogP contribution >= 0.6 is 11.3 Å². The van der Waals surface area contributed by atoms with Gasteiger partial charge < -0.3 is 0 Å². The van der Waals surface area contributed by atoms with Gasteiger partial charge in [-0.2, -0.15) is 0 Å². The summed E-state index contributed by atoms with van der Waals surface area (Å²) in [5.41, 5.74) is 3.30. The summed E-state index contributed by atoms with van der Waals surface area (Å²) in [6, 6.07) is 14.8. The maximum absolute atomic E-state index is 4.88. The Morgan fingerprint density at radius 3 is 2.44 bits per heavy atom. The maximum atomic E-state index is 4.88. The fourth-order valence-corrected chi connectivity index (χ4v) is 4.30. The van der Waals surface area contributed by atoms with E-state index in [1.807, 2.05) is 24.4 Å². The first kappa shape index (κ1) is 18.1. The van der Waals surface area contributed by atoms with E-state index in [0.29, 0.717) is 0 Å². The molecule has 0 bridgehead atoms. The second-order valence-corrected chi connectivity index (χ2v) is 9.91. The molecule has 2 aromatic heterocycles. The monoisotopic (exact) mass is 375 g/mol. The molecule has 0 atom stereocenters. The zero-order valence-electron chi connectivity index (χ0n) is 16.6. The summed E-state index contributed by atoms with van der Waals surface area (Å²) < 4.78 is 1.25. The fraction of sp³-hybridized carbons (Fsp3) is 0.348. The third-order valence-corrected chi connectivity index (χ3v) is 6.30. The van der Waals surface area contributed by atoms with Gasteiger partial charge in [-0.25, -0.2) is 15.0 Å². The Morgan fingerprint density at radius 1 is 0.889 bits per heavy atom. The Morgan fingerprint density at radius 2 is 1.67 bits per heavy atom. The van der Waals surface area contributed by atoms with Crippen LogP contribution in [0.15, 0.2) is 48.7 Å². The molecule has 2 heterocycles. The lowest BCUT2D eigenvalue weighted by molar-refractivity contribution is 0.489. The second kappa shape index (κ2) is 6.38. The average molecular weight is 376 g/mol. The van der Waals surface area contributed by atoms with Gasteiger partial charge >= 0.3 is 0 Å². The van der Waals surface area contributed by atoms with E-state index in [2.05, 4.69) is 63.9 Å². The van der Waals surface area contributed by atoms with Crippen LogP contribution in [0.1, 0.15) is 51.0 Å². The third kappa shape index (κ3) is 3.59. The maximum Gasteiger partial charge on any atom is 0.134 e. The standard InChI is InChI=1S/C23H25N3S/c1-22(2,3)21-26-18-12-15(10-11-19(18)27-21)13-23(4,5)20-24-14-16-8-6-7-9-17(16)25-20/h6-12,14H,13H2,1-5H3. The van der Waals surface area contributed by atoms with Crippen molar-refractivity contribution >= 4 is 32.5 Å². The topological polar surface area (TPSA) is 38.7 Å². The number of para-hydroxylation sites is 1. The van der Waals surface area contributed by atoms with Crippen molar-refractivity contribution in [3.63, 3.8) is 0 Å². The van der Waals surface area contributed by atoms with Gasteiger partial charge in [-0.1, -0.05) is 58.9 Å². The number of hydrogen-bond acceptors (Lipinski definition) is 4. The Hall–Kier alpha value is -2.33. The van der Waals surface area contributed by atoms with E-state index in [4.69, 9.17) is 9.97 Å². The Balaban J connectivity index is 1.66. The van der Waals surface area contributed by atoms with Gasteiger partial charge in [0.05, 0.1) is 20.7 Å². The fourth-order valence-electron chi connectivity index (χ4n) is 3.29. The van der Waals surface area contributed by atoms with Crippen LogP contribution in [-0.4, -0.2) is 15.0 Å². The van der Waals surface area contributed by atoms with Crippen molar-refractivity contribution in [2.75, 3.05) is 0 Å². The van der Waals surface area contributed by atoms with E-state index in [1.54, 1.807) is 11.3 Å². The van der Waals surface area contributed by atoms with Gasteiger partial charge in [-0.3, -0.25) is 0 Å². The minimum Gasteiger partial charge on any atom is -0.241 e. The first-order valence-corrected chi connectivity index (χ1v) is 10.2. The van der Waals surface area contributed by atoms with E-state index in [1.165, 1.54) is 15.3 Å². The molecule has 0 spiro atoms. The van der Waals surface area contributed by atoms with E-state index < -0.39 is 0 Å². The lowest BCUT2D eigenvalue weighted by Crippen LogP contribution is -2.23. The van der Waals surface area contributed by atoms with E-state index >= 15 is 0 Å². The van der Waals surface area contributed by atoms with Crippen molar-refractivity contribution < 1.29 is 0 Å². The summed E-state index contributed by atoms with van der Waals surface area (Å²) in [6.45, 7) is 11.1. The van der Waals surface area contributed by atoms with Crippen LogP contribution in [0.5, 0.6) is 0 Å². The predicted octanol–water partition coefficient (Wildman–Crippen LogP) is 6.06. The van der Waals surface area contributed by atoms with Gasteiger partial charge in [0.25, 0.3) is 0 Å². The molecule has 4 aromatic rings. The summed E-state index contributed by atoms with van der Waals surface area (Å²) in [6.07, 6.45) is 2.81. The van der Waals surface area contributed by atoms with Gasteiger partial charge in [0.2, 0.25) is 0 Å². The first-order chi connectivity index (χ1) is 12.7. The van der Waals surface area contributed by atoms with Crippen molar-refractivity contribution in [2.24, 2.45) is 0 Å². The largest absolute Gasteiger partial charge is 0.241 e. The van der Waals surface area contributed by atoms with Crippen LogP contribution in [0.25, 0.3) is 21.1 Å². The van der Waals surface area contributed by atoms with Crippen LogP contribution in [0.4, 0.5) is 0 Å². The molecule has 4 rings (SSSR count). The lowest BCUT2D eigenvalue weighted by atomic mass is 9.84. The van der Waals surface area contributed by atoms with Crippen LogP contribution < -0.4 is 0 Å². The SMILES string of the molecule is CC(C)(C)c1nc2cc(CC(C)(C)c3ncc4ccccc4n3)ccc2s1. The van der Waals surface area contributed by atoms with Crippen LogP contribution in [0.2, 0.25) is 0 Å². The van der Waals surface area contributed by atoms with Gasteiger partial charge in [0, 0.05) is 22.4 Å². The number of rotatable bonds is 3. The quantitative estimate of drug-likeness (QED) is 0.437. The highest BCUT2D eigenvalue weighted by Crippen LogP contribution is 2.33. The smallest absolute Gasteiger partial charge is 0.134 e. The van der Waals surface area contributed by atoms with Crippen LogP contribution in [0.3, 0.4) is 0 Å². The molecule has 0 unspecified atom stereocenters. The zero-order valence-corrected chi connectivity index (χ0v) is 17.4. The summed E-state index contributed by atoms with van der Waals surface area (Å²) >= 11 is 1.79. The van der Waals surface area contributed by atoms with Crippen molar-refractivity contribution in [2.45, 2.75) is 51.9 Å². The molecule has 4 heteroatoms. The molecular formula is C23H25N3S. The molecule has 0 aliphatic heterocycles.